The van der Waals surface area contributed by atoms with Crippen molar-refractivity contribution in [2.45, 2.75) is 31.8 Å². The third-order valence-electron chi connectivity index (χ3n) is 5.11. The summed E-state index contributed by atoms with van der Waals surface area (Å²) in [6.45, 7) is 1.86. The molecule has 1 atom stereocenters. The van der Waals surface area contributed by atoms with Crippen LogP contribution in [0, 0.1) is 5.82 Å². The maximum Gasteiger partial charge on any atom is 0.326 e. The average molecular weight is 421 g/mol. The van der Waals surface area contributed by atoms with Gasteiger partial charge < -0.3 is 15.4 Å². The molecule has 0 spiro atoms. The smallest absolute Gasteiger partial charge is 0.326 e. The van der Waals surface area contributed by atoms with E-state index in [-0.39, 0.29) is 29.5 Å². The molecule has 10 heteroatoms. The summed E-state index contributed by atoms with van der Waals surface area (Å²) in [6, 6.07) is 8.30. The lowest BCUT2D eigenvalue weighted by molar-refractivity contribution is 0.454. The number of hydrogen-bond acceptors (Lipinski definition) is 6. The van der Waals surface area contributed by atoms with Crippen LogP contribution in [-0.4, -0.2) is 35.7 Å². The van der Waals surface area contributed by atoms with Crippen LogP contribution in [-0.2, 0) is 0 Å². The van der Waals surface area contributed by atoms with E-state index >= 15 is 0 Å². The number of imidazole rings is 1. The predicted molar refractivity (Wildman–Crippen MR) is 112 cm³/mol. The van der Waals surface area contributed by atoms with Crippen molar-refractivity contribution in [3.05, 3.63) is 74.8 Å². The molecule has 1 aromatic carbocycles. The monoisotopic (exact) mass is 421 g/mol. The second kappa shape index (κ2) is 7.38. The van der Waals surface area contributed by atoms with Crippen molar-refractivity contribution in [1.29, 1.82) is 0 Å². The standard InChI is InChI=1S/C21H20FN7O2/c1-11(14-4-2-3-5-15(14)22)24-17-9-18(25-13-6-7-13)29-19(27-17)12(10-23-29)8-16-20(30)28-21(31)26-16/h2-5,8-11,13,24,30H,6-7H2,1H3,(H2,26,28,31)/b12-8-,25-18?. The summed E-state index contributed by atoms with van der Waals surface area (Å²) in [5.74, 6) is -0.0454. The minimum atomic E-state index is -0.515. The fourth-order valence-corrected chi connectivity index (χ4v) is 3.40. The molecule has 1 fully saturated rings. The van der Waals surface area contributed by atoms with Crippen molar-refractivity contribution >= 4 is 17.5 Å². The quantitative estimate of drug-likeness (QED) is 0.388. The molecule has 4 N–H and O–H groups in total. The van der Waals surface area contributed by atoms with Crippen molar-refractivity contribution in [1.82, 2.24) is 24.6 Å². The van der Waals surface area contributed by atoms with Crippen molar-refractivity contribution in [3.63, 3.8) is 0 Å². The fraction of sp³-hybridized carbons (Fsp3) is 0.238. The summed E-state index contributed by atoms with van der Waals surface area (Å²) in [5, 5.41) is 18.1. The summed E-state index contributed by atoms with van der Waals surface area (Å²) in [4.78, 5) is 25.6. The third-order valence-corrected chi connectivity index (χ3v) is 5.11. The highest BCUT2D eigenvalue weighted by molar-refractivity contribution is 5.58. The van der Waals surface area contributed by atoms with Crippen LogP contribution in [0.5, 0.6) is 5.88 Å². The van der Waals surface area contributed by atoms with Crippen LogP contribution in [0.2, 0.25) is 0 Å². The molecule has 0 bridgehead atoms. The number of aromatic amines is 2. The number of aromatic nitrogens is 5. The molecular formula is C21H20FN7O2. The Morgan fingerprint density at radius 1 is 1.35 bits per heavy atom. The molecule has 3 heterocycles. The first-order valence-corrected chi connectivity index (χ1v) is 9.94. The third kappa shape index (κ3) is 3.79. The van der Waals surface area contributed by atoms with Crippen LogP contribution in [0.25, 0.3) is 11.7 Å². The van der Waals surface area contributed by atoms with Gasteiger partial charge in [0.25, 0.3) is 0 Å². The maximum absolute atomic E-state index is 14.2. The van der Waals surface area contributed by atoms with Gasteiger partial charge in [0, 0.05) is 16.8 Å². The van der Waals surface area contributed by atoms with E-state index in [9.17, 15) is 14.3 Å². The average Bonchev–Trinajstić information content (AvgIpc) is 3.37. The molecule has 4 aromatic rings. The molecule has 5 rings (SSSR count). The Hall–Kier alpha value is -3.95. The summed E-state index contributed by atoms with van der Waals surface area (Å²) < 4.78 is 15.8. The number of halogens is 1. The fourth-order valence-electron chi connectivity index (χ4n) is 3.40. The molecule has 9 nitrogen and oxygen atoms in total. The van der Waals surface area contributed by atoms with E-state index in [1.807, 2.05) is 6.92 Å². The first-order valence-electron chi connectivity index (χ1n) is 9.94. The highest BCUT2D eigenvalue weighted by Crippen LogP contribution is 2.23. The Kier molecular flexibility index (Phi) is 4.54. The van der Waals surface area contributed by atoms with Crippen LogP contribution in [0.1, 0.15) is 37.1 Å². The second-order valence-corrected chi connectivity index (χ2v) is 7.57. The highest BCUT2D eigenvalue weighted by atomic mass is 19.1. The first kappa shape index (κ1) is 19.0. The van der Waals surface area contributed by atoms with E-state index < -0.39 is 5.69 Å². The number of hydrogen-bond donors (Lipinski definition) is 4. The Bertz CT molecular complexity index is 1450. The van der Waals surface area contributed by atoms with Gasteiger partial charge in [0.1, 0.15) is 17.3 Å². The number of fused-ring (bicyclic) bond motifs is 1. The van der Waals surface area contributed by atoms with Crippen LogP contribution in [0.4, 0.5) is 10.2 Å². The highest BCUT2D eigenvalue weighted by Gasteiger charge is 2.20. The van der Waals surface area contributed by atoms with Gasteiger partial charge in [-0.15, -0.1) is 0 Å². The van der Waals surface area contributed by atoms with Gasteiger partial charge in [-0.25, -0.2) is 14.2 Å². The van der Waals surface area contributed by atoms with Gasteiger partial charge in [-0.05, 0) is 31.9 Å². The minimum absolute atomic E-state index is 0.223. The molecular weight excluding hydrogens is 401 g/mol. The van der Waals surface area contributed by atoms with Gasteiger partial charge >= 0.3 is 5.69 Å². The Morgan fingerprint density at radius 2 is 2.16 bits per heavy atom. The molecule has 3 aromatic heterocycles. The molecule has 31 heavy (non-hydrogen) atoms. The van der Waals surface area contributed by atoms with E-state index in [1.54, 1.807) is 41.1 Å². The number of nitrogens with one attached hydrogen (secondary N) is 3. The summed E-state index contributed by atoms with van der Waals surface area (Å²) in [6.07, 6.45) is 5.21. The van der Waals surface area contributed by atoms with Gasteiger partial charge in [-0.2, -0.15) is 9.61 Å². The van der Waals surface area contributed by atoms with E-state index in [0.717, 1.165) is 12.8 Å². The largest absolute Gasteiger partial charge is 0.493 e. The zero-order chi connectivity index (χ0) is 21.5. The zero-order valence-corrected chi connectivity index (χ0v) is 16.6. The molecule has 0 radical (unpaired) electrons. The maximum atomic E-state index is 14.2. The molecule has 0 aliphatic heterocycles. The SMILES string of the molecule is CC(Nc1cc(=NC2CC2)n2nc/c(=C/c3[nH]c(=O)[nH]c3O)c2n1)c1ccccc1F. The van der Waals surface area contributed by atoms with Crippen LogP contribution >= 0.6 is 0 Å². The molecule has 0 saturated heterocycles. The summed E-state index contributed by atoms with van der Waals surface area (Å²) in [5.41, 5.74) is 1.35. The summed E-state index contributed by atoms with van der Waals surface area (Å²) >= 11 is 0. The number of rotatable bonds is 5. The van der Waals surface area contributed by atoms with E-state index in [0.29, 0.717) is 27.7 Å². The Morgan fingerprint density at radius 3 is 2.87 bits per heavy atom. The van der Waals surface area contributed by atoms with Gasteiger partial charge in [0.15, 0.2) is 11.1 Å². The molecule has 1 aliphatic carbocycles. The Labute approximate surface area is 175 Å². The topological polar surface area (TPSA) is 123 Å². The van der Waals surface area contributed by atoms with Gasteiger partial charge in [-0.3, -0.25) is 9.98 Å². The van der Waals surface area contributed by atoms with Crippen LogP contribution in [0.3, 0.4) is 0 Å². The lowest BCUT2D eigenvalue weighted by Crippen LogP contribution is -2.21. The normalized spacial score (nSPS) is 16.2. The number of H-pyrrole nitrogens is 2. The second-order valence-electron chi connectivity index (χ2n) is 7.57. The van der Waals surface area contributed by atoms with Gasteiger partial charge in [-0.1, -0.05) is 18.2 Å². The van der Waals surface area contributed by atoms with Crippen LogP contribution in [0.15, 0.2) is 46.3 Å². The predicted octanol–water partition coefficient (Wildman–Crippen LogP) is 1.37. The van der Waals surface area contributed by atoms with Gasteiger partial charge in [0.2, 0.25) is 5.88 Å². The van der Waals surface area contributed by atoms with E-state index in [2.05, 4.69) is 25.4 Å². The molecule has 1 unspecified atom stereocenters. The first-order chi connectivity index (χ1) is 15.0. The van der Waals surface area contributed by atoms with E-state index in [4.69, 9.17) is 4.99 Å². The number of aromatic hydroxyl groups is 1. The number of anilines is 1. The molecule has 158 valence electrons. The van der Waals surface area contributed by atoms with Crippen LogP contribution < -0.4 is 21.7 Å². The molecule has 0 amide bonds. The molecule has 1 aliphatic rings. The van der Waals surface area contributed by atoms with Crippen molar-refractivity contribution in [2.75, 3.05) is 5.32 Å². The summed E-state index contributed by atoms with van der Waals surface area (Å²) in [7, 11) is 0. The number of nitrogens with zero attached hydrogens (tertiary/aromatic N) is 4. The number of benzene rings is 1. The van der Waals surface area contributed by atoms with Crippen molar-refractivity contribution in [2.24, 2.45) is 4.99 Å². The minimum Gasteiger partial charge on any atom is -0.493 e. The zero-order valence-electron chi connectivity index (χ0n) is 16.6. The lowest BCUT2D eigenvalue weighted by atomic mass is 10.1. The molecule has 1 saturated carbocycles. The van der Waals surface area contributed by atoms with Gasteiger partial charge in [0.05, 0.1) is 18.3 Å². The van der Waals surface area contributed by atoms with Crippen molar-refractivity contribution in [3.8, 4) is 5.88 Å². The lowest BCUT2D eigenvalue weighted by Gasteiger charge is -2.15. The van der Waals surface area contributed by atoms with Crippen molar-refractivity contribution < 1.29 is 9.50 Å². The Balaban J connectivity index is 1.63. The van der Waals surface area contributed by atoms with E-state index in [1.165, 1.54) is 6.07 Å².